The summed E-state index contributed by atoms with van der Waals surface area (Å²) >= 11 is 0. The Morgan fingerprint density at radius 2 is 2.15 bits per heavy atom. The Bertz CT molecular complexity index is 800. The van der Waals surface area contributed by atoms with E-state index >= 15 is 0 Å². The molecule has 0 saturated carbocycles. The second-order valence-electron chi connectivity index (χ2n) is 7.52. The Kier molecular flexibility index (Phi) is 5.13. The van der Waals surface area contributed by atoms with Crippen molar-refractivity contribution >= 4 is 22.8 Å². The van der Waals surface area contributed by atoms with Gasteiger partial charge in [-0.05, 0) is 37.3 Å². The number of carbonyl (C=O) groups excluding carboxylic acids is 1. The van der Waals surface area contributed by atoms with Crippen molar-refractivity contribution in [2.75, 3.05) is 19.6 Å². The average molecular weight is 371 g/mol. The molecule has 0 bridgehead atoms. The van der Waals surface area contributed by atoms with E-state index in [0.717, 1.165) is 36.1 Å². The molecule has 7 heteroatoms. The zero-order chi connectivity index (χ0) is 18.8. The van der Waals surface area contributed by atoms with Crippen LogP contribution in [0.1, 0.15) is 37.5 Å². The van der Waals surface area contributed by atoms with Gasteiger partial charge in [0.15, 0.2) is 0 Å². The van der Waals surface area contributed by atoms with E-state index in [1.165, 1.54) is 0 Å². The SMILES string of the molecule is O=C(O)CCC1CCCN(C(=O)C2CNNC2c2cc3ccccc3o2)C1. The summed E-state index contributed by atoms with van der Waals surface area (Å²) in [4.78, 5) is 25.9. The van der Waals surface area contributed by atoms with Crippen LogP contribution in [-0.4, -0.2) is 41.5 Å². The van der Waals surface area contributed by atoms with Gasteiger partial charge in [0.2, 0.25) is 5.91 Å². The topological polar surface area (TPSA) is 94.8 Å². The quantitative estimate of drug-likeness (QED) is 0.747. The van der Waals surface area contributed by atoms with Crippen LogP contribution in [-0.2, 0) is 9.59 Å². The van der Waals surface area contributed by atoms with Crippen LogP contribution >= 0.6 is 0 Å². The largest absolute Gasteiger partial charge is 0.481 e. The maximum atomic E-state index is 13.2. The fraction of sp³-hybridized carbons (Fsp3) is 0.500. The van der Waals surface area contributed by atoms with Crippen molar-refractivity contribution in [1.82, 2.24) is 15.8 Å². The molecule has 3 atom stereocenters. The first kappa shape index (κ1) is 18.0. The first-order valence-electron chi connectivity index (χ1n) is 9.59. The number of piperidine rings is 1. The number of furan rings is 1. The Balaban J connectivity index is 1.46. The Hall–Kier alpha value is -2.38. The molecule has 2 saturated heterocycles. The zero-order valence-electron chi connectivity index (χ0n) is 15.2. The van der Waals surface area contributed by atoms with Gasteiger partial charge < -0.3 is 14.4 Å². The third-order valence-electron chi connectivity index (χ3n) is 5.65. The lowest BCUT2D eigenvalue weighted by atomic mass is 9.91. The van der Waals surface area contributed by atoms with Crippen LogP contribution < -0.4 is 10.9 Å². The van der Waals surface area contributed by atoms with Crippen molar-refractivity contribution in [1.29, 1.82) is 0 Å². The number of hydrazine groups is 1. The molecule has 27 heavy (non-hydrogen) atoms. The Morgan fingerprint density at radius 1 is 1.30 bits per heavy atom. The Morgan fingerprint density at radius 3 is 2.96 bits per heavy atom. The van der Waals surface area contributed by atoms with Gasteiger partial charge in [0.1, 0.15) is 11.3 Å². The second-order valence-corrected chi connectivity index (χ2v) is 7.52. The monoisotopic (exact) mass is 371 g/mol. The number of rotatable bonds is 5. The third-order valence-corrected chi connectivity index (χ3v) is 5.65. The molecule has 3 N–H and O–H groups in total. The van der Waals surface area contributed by atoms with Gasteiger partial charge in [0.25, 0.3) is 0 Å². The van der Waals surface area contributed by atoms with Crippen LogP contribution in [0.2, 0.25) is 0 Å². The summed E-state index contributed by atoms with van der Waals surface area (Å²) in [6, 6.07) is 9.62. The molecule has 7 nitrogen and oxygen atoms in total. The highest BCUT2D eigenvalue weighted by atomic mass is 16.4. The summed E-state index contributed by atoms with van der Waals surface area (Å²) in [6.07, 6.45) is 2.72. The van der Waals surface area contributed by atoms with E-state index in [1.54, 1.807) is 0 Å². The first-order chi connectivity index (χ1) is 13.1. The number of nitrogens with zero attached hydrogens (tertiary/aromatic N) is 1. The normalized spacial score (nSPS) is 25.8. The van der Waals surface area contributed by atoms with Crippen LogP contribution in [0.15, 0.2) is 34.7 Å². The van der Waals surface area contributed by atoms with Gasteiger partial charge in [-0.15, -0.1) is 0 Å². The number of amides is 1. The highest BCUT2D eigenvalue weighted by molar-refractivity contribution is 5.82. The minimum Gasteiger partial charge on any atom is -0.481 e. The van der Waals surface area contributed by atoms with Gasteiger partial charge in [0.05, 0.1) is 12.0 Å². The fourth-order valence-electron chi connectivity index (χ4n) is 4.22. The van der Waals surface area contributed by atoms with Gasteiger partial charge in [-0.2, -0.15) is 0 Å². The number of carboxylic acid groups (broad SMARTS) is 1. The highest BCUT2D eigenvalue weighted by Crippen LogP contribution is 2.32. The molecule has 1 aromatic carbocycles. The van der Waals surface area contributed by atoms with Gasteiger partial charge in [-0.1, -0.05) is 18.2 Å². The minimum atomic E-state index is -0.771. The summed E-state index contributed by atoms with van der Waals surface area (Å²) in [5.74, 6) is 0.138. The molecule has 4 rings (SSSR count). The predicted molar refractivity (Wildman–Crippen MR) is 99.8 cm³/mol. The molecule has 0 radical (unpaired) electrons. The summed E-state index contributed by atoms with van der Waals surface area (Å²) < 4.78 is 5.97. The summed E-state index contributed by atoms with van der Waals surface area (Å²) in [6.45, 7) is 1.94. The van der Waals surface area contributed by atoms with E-state index in [4.69, 9.17) is 9.52 Å². The molecule has 2 aromatic rings. The third kappa shape index (κ3) is 3.84. The maximum Gasteiger partial charge on any atom is 0.303 e. The number of carbonyl (C=O) groups is 2. The van der Waals surface area contributed by atoms with E-state index in [9.17, 15) is 9.59 Å². The van der Waals surface area contributed by atoms with Crippen molar-refractivity contribution in [2.45, 2.75) is 31.7 Å². The first-order valence-corrected chi connectivity index (χ1v) is 9.59. The van der Waals surface area contributed by atoms with E-state index in [2.05, 4.69) is 10.9 Å². The summed E-state index contributed by atoms with van der Waals surface area (Å²) in [5, 5.41) is 9.93. The van der Waals surface area contributed by atoms with Crippen LogP contribution in [0.4, 0.5) is 0 Å². The molecule has 3 unspecified atom stereocenters. The zero-order valence-corrected chi connectivity index (χ0v) is 15.2. The fourth-order valence-corrected chi connectivity index (χ4v) is 4.22. The number of carboxylic acids is 1. The molecular weight excluding hydrogens is 346 g/mol. The van der Waals surface area contributed by atoms with Crippen molar-refractivity contribution in [3.05, 3.63) is 36.1 Å². The van der Waals surface area contributed by atoms with Crippen LogP contribution in [0, 0.1) is 11.8 Å². The van der Waals surface area contributed by atoms with Gasteiger partial charge >= 0.3 is 5.97 Å². The molecule has 1 amide bonds. The van der Waals surface area contributed by atoms with E-state index < -0.39 is 5.97 Å². The Labute approximate surface area is 157 Å². The molecule has 3 heterocycles. The van der Waals surface area contributed by atoms with Gasteiger partial charge in [-0.3, -0.25) is 15.0 Å². The average Bonchev–Trinajstić information content (AvgIpc) is 3.32. The smallest absolute Gasteiger partial charge is 0.303 e. The lowest BCUT2D eigenvalue weighted by Gasteiger charge is -2.34. The number of nitrogens with one attached hydrogen (secondary N) is 2. The molecule has 2 aliphatic rings. The number of benzene rings is 1. The van der Waals surface area contributed by atoms with Crippen molar-refractivity contribution in [3.8, 4) is 0 Å². The summed E-state index contributed by atoms with van der Waals surface area (Å²) in [7, 11) is 0. The number of fused-ring (bicyclic) bond motifs is 1. The summed E-state index contributed by atoms with van der Waals surface area (Å²) in [5.41, 5.74) is 7.11. The predicted octanol–water partition coefficient (Wildman–Crippen LogP) is 2.30. The van der Waals surface area contributed by atoms with Crippen LogP contribution in [0.3, 0.4) is 0 Å². The van der Waals surface area contributed by atoms with E-state index in [1.807, 2.05) is 35.2 Å². The minimum absolute atomic E-state index is 0.109. The number of aliphatic carboxylic acids is 1. The highest BCUT2D eigenvalue weighted by Gasteiger charge is 2.39. The molecule has 2 fully saturated rings. The van der Waals surface area contributed by atoms with Crippen molar-refractivity contribution < 1.29 is 19.1 Å². The number of hydrogen-bond acceptors (Lipinski definition) is 5. The van der Waals surface area contributed by atoms with E-state index in [0.29, 0.717) is 19.5 Å². The van der Waals surface area contributed by atoms with Gasteiger partial charge in [0, 0.05) is 31.4 Å². The van der Waals surface area contributed by atoms with Crippen LogP contribution in [0.5, 0.6) is 0 Å². The lowest BCUT2D eigenvalue weighted by molar-refractivity contribution is -0.138. The number of likely N-dealkylation sites (tertiary alicyclic amines) is 1. The molecule has 1 aromatic heterocycles. The standard InChI is InChI=1S/C20H25N3O4/c24-18(25)8-7-13-4-3-9-23(12-13)20(26)15-11-21-22-19(15)17-10-14-5-1-2-6-16(14)27-17/h1-2,5-6,10,13,15,19,21-22H,3-4,7-9,11-12H2,(H,24,25). The lowest BCUT2D eigenvalue weighted by Crippen LogP contribution is -2.44. The number of hydrogen-bond donors (Lipinski definition) is 3. The maximum absolute atomic E-state index is 13.2. The molecule has 0 spiro atoms. The molecule has 144 valence electrons. The molecule has 2 aliphatic heterocycles. The van der Waals surface area contributed by atoms with Crippen molar-refractivity contribution in [2.24, 2.45) is 11.8 Å². The second kappa shape index (κ2) is 7.70. The molecule has 0 aliphatic carbocycles. The number of para-hydroxylation sites is 1. The van der Waals surface area contributed by atoms with Crippen LogP contribution in [0.25, 0.3) is 11.0 Å². The van der Waals surface area contributed by atoms with Gasteiger partial charge in [-0.25, -0.2) is 5.43 Å². The molecular formula is C20H25N3O4. The van der Waals surface area contributed by atoms with Crippen molar-refractivity contribution in [3.63, 3.8) is 0 Å². The van der Waals surface area contributed by atoms with E-state index in [-0.39, 0.29) is 30.2 Å².